The average Bonchev–Trinajstić information content (AvgIpc) is 3.02. The predicted molar refractivity (Wildman–Crippen MR) is 80.9 cm³/mol. The first-order valence-electron chi connectivity index (χ1n) is 7.87. The first kappa shape index (κ1) is 17.2. The summed E-state index contributed by atoms with van der Waals surface area (Å²) in [6.07, 6.45) is 2.09. The van der Waals surface area contributed by atoms with Crippen molar-refractivity contribution in [3.05, 3.63) is 11.7 Å². The van der Waals surface area contributed by atoms with Gasteiger partial charge in [-0.3, -0.25) is 4.79 Å². The highest BCUT2D eigenvalue weighted by molar-refractivity contribution is 5.75. The zero-order valence-corrected chi connectivity index (χ0v) is 13.0. The third-order valence-electron chi connectivity index (χ3n) is 3.81. The summed E-state index contributed by atoms with van der Waals surface area (Å²) >= 11 is 0. The predicted octanol–water partition coefficient (Wildman–Crippen LogP) is 0.325. The zero-order chi connectivity index (χ0) is 16.7. The van der Waals surface area contributed by atoms with Gasteiger partial charge in [0.05, 0.1) is 0 Å². The Labute approximate surface area is 134 Å². The Bertz CT molecular complexity index is 533. The highest BCUT2D eigenvalue weighted by atomic mass is 16.5. The van der Waals surface area contributed by atoms with Crippen molar-refractivity contribution >= 4 is 12.0 Å². The number of aryl methyl sites for hydroxylation is 1. The second-order valence-electron chi connectivity index (χ2n) is 5.61. The summed E-state index contributed by atoms with van der Waals surface area (Å²) in [5.74, 6) is 0.805. The monoisotopic (exact) mass is 325 g/mol. The van der Waals surface area contributed by atoms with Crippen molar-refractivity contribution in [1.82, 2.24) is 20.4 Å². The number of carbonyl (C=O) groups is 2. The summed E-state index contributed by atoms with van der Waals surface area (Å²) < 4.78 is 5.16. The van der Waals surface area contributed by atoms with Crippen LogP contribution in [-0.2, 0) is 11.2 Å². The van der Waals surface area contributed by atoms with Crippen molar-refractivity contribution in [3.8, 4) is 0 Å². The van der Waals surface area contributed by atoms with Gasteiger partial charge in [0.25, 0.3) is 0 Å². The number of hydrogen-bond donors (Lipinski definition) is 3. The molecule has 23 heavy (non-hydrogen) atoms. The molecular formula is C14H23N5O4. The summed E-state index contributed by atoms with van der Waals surface area (Å²) in [4.78, 5) is 28.3. The van der Waals surface area contributed by atoms with E-state index < -0.39 is 6.09 Å². The van der Waals surface area contributed by atoms with E-state index in [0.717, 1.165) is 19.3 Å². The third-order valence-corrected chi connectivity index (χ3v) is 3.81. The number of carboxylic acid groups (broad SMARTS) is 1. The molecule has 2 rings (SSSR count). The van der Waals surface area contributed by atoms with E-state index in [1.54, 1.807) is 0 Å². The molecule has 128 valence electrons. The Morgan fingerprint density at radius 2 is 2.30 bits per heavy atom. The van der Waals surface area contributed by atoms with Crippen LogP contribution in [0.5, 0.6) is 0 Å². The van der Waals surface area contributed by atoms with Gasteiger partial charge in [0.2, 0.25) is 11.8 Å². The molecule has 0 aromatic carbocycles. The van der Waals surface area contributed by atoms with Crippen molar-refractivity contribution in [2.24, 2.45) is 5.73 Å². The lowest BCUT2D eigenvalue weighted by Gasteiger charge is -2.28. The molecule has 9 heteroatoms. The van der Waals surface area contributed by atoms with E-state index in [-0.39, 0.29) is 18.2 Å². The molecule has 1 aromatic heterocycles. The van der Waals surface area contributed by atoms with Crippen molar-refractivity contribution in [2.45, 2.75) is 38.0 Å². The van der Waals surface area contributed by atoms with Crippen molar-refractivity contribution in [1.29, 1.82) is 0 Å². The molecule has 0 spiro atoms. The number of hydrogen-bond acceptors (Lipinski definition) is 6. The molecule has 1 aromatic rings. The summed E-state index contributed by atoms with van der Waals surface area (Å²) in [6.45, 7) is 2.03. The minimum absolute atomic E-state index is 0.0456. The lowest BCUT2D eigenvalue weighted by atomic mass is 9.98. The van der Waals surface area contributed by atoms with Crippen LogP contribution in [0.2, 0.25) is 0 Å². The Hall–Kier alpha value is -2.16. The number of rotatable bonds is 7. The Morgan fingerprint density at radius 3 is 3.04 bits per heavy atom. The van der Waals surface area contributed by atoms with Crippen LogP contribution in [0.4, 0.5) is 4.79 Å². The van der Waals surface area contributed by atoms with Crippen LogP contribution in [0.25, 0.3) is 0 Å². The molecule has 0 radical (unpaired) electrons. The number of carbonyl (C=O) groups excluding carboxylic acids is 1. The number of nitrogens with two attached hydrogens (primary N) is 1. The topological polar surface area (TPSA) is 135 Å². The molecule has 0 aliphatic carbocycles. The van der Waals surface area contributed by atoms with Crippen molar-refractivity contribution in [2.75, 3.05) is 26.2 Å². The summed E-state index contributed by atoms with van der Waals surface area (Å²) in [5.41, 5.74) is 5.36. The molecule has 0 saturated carbocycles. The molecule has 9 nitrogen and oxygen atoms in total. The molecule has 1 unspecified atom stereocenters. The lowest BCUT2D eigenvalue weighted by molar-refractivity contribution is -0.121. The SMILES string of the molecule is NCCCNC(=O)CCc1nc(C2CCCN(C(=O)O)C2)no1. The number of amides is 2. The average molecular weight is 325 g/mol. The van der Waals surface area contributed by atoms with Gasteiger partial charge in [-0.2, -0.15) is 4.98 Å². The Balaban J connectivity index is 1.81. The minimum Gasteiger partial charge on any atom is -0.465 e. The molecule has 1 aliphatic heterocycles. The molecule has 2 heterocycles. The van der Waals surface area contributed by atoms with Gasteiger partial charge in [0.1, 0.15) is 0 Å². The number of likely N-dealkylation sites (tertiary alicyclic amines) is 1. The standard InChI is InChI=1S/C14H23N5O4/c15-6-2-7-16-11(20)4-5-12-17-13(18-23-12)10-3-1-8-19(9-10)14(21)22/h10H,1-9,15H2,(H,16,20)(H,21,22). The van der Waals surface area contributed by atoms with E-state index in [1.165, 1.54) is 4.90 Å². The smallest absolute Gasteiger partial charge is 0.407 e. The summed E-state index contributed by atoms with van der Waals surface area (Å²) in [5, 5.41) is 15.7. The second kappa shape index (κ2) is 8.47. The van der Waals surface area contributed by atoms with Gasteiger partial charge in [-0.05, 0) is 25.8 Å². The summed E-state index contributed by atoms with van der Waals surface area (Å²) in [6, 6.07) is 0. The Morgan fingerprint density at radius 1 is 1.48 bits per heavy atom. The number of piperidine rings is 1. The van der Waals surface area contributed by atoms with E-state index in [4.69, 9.17) is 15.4 Å². The van der Waals surface area contributed by atoms with Crippen LogP contribution in [0.1, 0.15) is 43.3 Å². The van der Waals surface area contributed by atoms with Crippen LogP contribution in [0, 0.1) is 0 Å². The third kappa shape index (κ3) is 5.20. The Kier molecular flexibility index (Phi) is 6.33. The maximum atomic E-state index is 11.6. The molecule has 1 atom stereocenters. The van der Waals surface area contributed by atoms with Crippen LogP contribution in [0.3, 0.4) is 0 Å². The molecule has 1 fully saturated rings. The summed E-state index contributed by atoms with van der Waals surface area (Å²) in [7, 11) is 0. The van der Waals surface area contributed by atoms with Gasteiger partial charge in [-0.25, -0.2) is 4.79 Å². The fourth-order valence-corrected chi connectivity index (χ4v) is 2.54. The first-order valence-corrected chi connectivity index (χ1v) is 7.87. The van der Waals surface area contributed by atoms with Gasteiger partial charge in [0.15, 0.2) is 5.82 Å². The fourth-order valence-electron chi connectivity index (χ4n) is 2.54. The highest BCUT2D eigenvalue weighted by Crippen LogP contribution is 2.25. The molecule has 1 aliphatic rings. The zero-order valence-electron chi connectivity index (χ0n) is 13.0. The van der Waals surface area contributed by atoms with E-state index in [2.05, 4.69) is 15.5 Å². The van der Waals surface area contributed by atoms with Crippen LogP contribution in [0.15, 0.2) is 4.52 Å². The van der Waals surface area contributed by atoms with Gasteiger partial charge in [0, 0.05) is 38.4 Å². The van der Waals surface area contributed by atoms with Gasteiger partial charge in [-0.1, -0.05) is 5.16 Å². The molecule has 4 N–H and O–H groups in total. The normalized spacial score (nSPS) is 18.0. The van der Waals surface area contributed by atoms with Crippen LogP contribution >= 0.6 is 0 Å². The minimum atomic E-state index is -0.924. The van der Waals surface area contributed by atoms with Crippen molar-refractivity contribution in [3.63, 3.8) is 0 Å². The first-order chi connectivity index (χ1) is 11.1. The van der Waals surface area contributed by atoms with Gasteiger partial charge >= 0.3 is 6.09 Å². The number of nitrogens with zero attached hydrogens (tertiary/aromatic N) is 3. The van der Waals surface area contributed by atoms with Crippen LogP contribution < -0.4 is 11.1 Å². The van der Waals surface area contributed by atoms with E-state index >= 15 is 0 Å². The molecule has 0 bridgehead atoms. The highest BCUT2D eigenvalue weighted by Gasteiger charge is 2.27. The van der Waals surface area contributed by atoms with E-state index in [1.807, 2.05) is 0 Å². The quantitative estimate of drug-likeness (QED) is 0.615. The number of aromatic nitrogens is 2. The maximum absolute atomic E-state index is 11.6. The largest absolute Gasteiger partial charge is 0.465 e. The molecule has 1 saturated heterocycles. The molecular weight excluding hydrogens is 302 g/mol. The molecule has 2 amide bonds. The fraction of sp³-hybridized carbons (Fsp3) is 0.714. The van der Waals surface area contributed by atoms with Crippen LogP contribution in [-0.4, -0.2) is 58.3 Å². The van der Waals surface area contributed by atoms with Crippen molar-refractivity contribution < 1.29 is 19.2 Å². The lowest BCUT2D eigenvalue weighted by Crippen LogP contribution is -2.38. The van der Waals surface area contributed by atoms with E-state index in [0.29, 0.717) is 44.3 Å². The second-order valence-corrected chi connectivity index (χ2v) is 5.61. The maximum Gasteiger partial charge on any atom is 0.407 e. The number of nitrogens with one attached hydrogen (secondary N) is 1. The van der Waals surface area contributed by atoms with Gasteiger partial charge in [-0.15, -0.1) is 0 Å². The van der Waals surface area contributed by atoms with Gasteiger partial charge < -0.3 is 25.6 Å². The van der Waals surface area contributed by atoms with E-state index in [9.17, 15) is 9.59 Å².